The summed E-state index contributed by atoms with van der Waals surface area (Å²) in [6.07, 6.45) is 0. The predicted molar refractivity (Wildman–Crippen MR) is 60.4 cm³/mol. The second kappa shape index (κ2) is 4.76. The van der Waals surface area contributed by atoms with Gasteiger partial charge in [0.05, 0.1) is 11.6 Å². The third kappa shape index (κ3) is 2.80. The molecule has 1 aromatic rings. The Hall–Kier alpha value is -1.88. The Morgan fingerprint density at radius 1 is 1.44 bits per heavy atom. The minimum absolute atomic E-state index is 0.130. The lowest BCUT2D eigenvalue weighted by atomic mass is 10.1. The van der Waals surface area contributed by atoms with Crippen LogP contribution in [0.2, 0.25) is 0 Å². The fourth-order valence-corrected chi connectivity index (χ4v) is 1.14. The molecule has 86 valence electrons. The number of benzene rings is 1. The van der Waals surface area contributed by atoms with Crippen molar-refractivity contribution >= 4 is 17.6 Å². The molecule has 0 saturated heterocycles. The molecule has 1 amide bonds. The molecule has 0 unspecified atom stereocenters. The van der Waals surface area contributed by atoms with Gasteiger partial charge in [-0.25, -0.2) is 4.79 Å². The molecule has 0 aromatic heterocycles. The molecule has 5 heteroatoms. The number of anilines is 1. The maximum atomic E-state index is 11.4. The second-order valence-electron chi connectivity index (χ2n) is 3.61. The zero-order valence-corrected chi connectivity index (χ0v) is 9.15. The van der Waals surface area contributed by atoms with Crippen molar-refractivity contribution in [3.8, 4) is 0 Å². The Kier molecular flexibility index (Phi) is 3.63. The molecule has 0 saturated carbocycles. The van der Waals surface area contributed by atoms with Crippen LogP contribution in [0.1, 0.15) is 22.8 Å². The zero-order chi connectivity index (χ0) is 12.3. The number of carboxylic acid groups (broad SMARTS) is 1. The Bertz CT molecular complexity index is 427. The van der Waals surface area contributed by atoms with Crippen molar-refractivity contribution in [3.05, 3.63) is 29.3 Å². The number of aryl methyl sites for hydroxylation is 1. The van der Waals surface area contributed by atoms with Crippen LogP contribution in [-0.2, 0) is 4.79 Å². The van der Waals surface area contributed by atoms with Crippen LogP contribution in [0.25, 0.3) is 0 Å². The summed E-state index contributed by atoms with van der Waals surface area (Å²) in [5.74, 6) is -1.37. The first-order valence-corrected chi connectivity index (χ1v) is 4.82. The molecule has 1 aromatic carbocycles. The van der Waals surface area contributed by atoms with E-state index in [0.29, 0.717) is 5.69 Å². The fraction of sp³-hybridized carbons (Fsp3) is 0.273. The molecule has 0 aliphatic heterocycles. The highest BCUT2D eigenvalue weighted by Crippen LogP contribution is 2.17. The van der Waals surface area contributed by atoms with E-state index in [4.69, 9.17) is 10.8 Å². The molecule has 5 nitrogen and oxygen atoms in total. The van der Waals surface area contributed by atoms with E-state index in [-0.39, 0.29) is 11.5 Å². The SMILES string of the molecule is Cc1ccc(C(=O)O)cc1NC(=O)[C@H](C)N. The van der Waals surface area contributed by atoms with Gasteiger partial charge in [-0.15, -0.1) is 0 Å². The van der Waals surface area contributed by atoms with Crippen LogP contribution in [0.3, 0.4) is 0 Å². The Morgan fingerprint density at radius 2 is 2.06 bits per heavy atom. The highest BCUT2D eigenvalue weighted by Gasteiger charge is 2.11. The third-order valence-corrected chi connectivity index (χ3v) is 2.16. The molecule has 0 spiro atoms. The van der Waals surface area contributed by atoms with Crippen LogP contribution >= 0.6 is 0 Å². The Balaban J connectivity index is 2.99. The van der Waals surface area contributed by atoms with Gasteiger partial charge >= 0.3 is 5.97 Å². The molecule has 1 rings (SSSR count). The minimum atomic E-state index is -1.03. The molecule has 0 bridgehead atoms. The summed E-state index contributed by atoms with van der Waals surface area (Å²) in [5, 5.41) is 11.4. The molecule has 0 radical (unpaired) electrons. The fourth-order valence-electron chi connectivity index (χ4n) is 1.14. The van der Waals surface area contributed by atoms with E-state index in [2.05, 4.69) is 5.32 Å². The first-order valence-electron chi connectivity index (χ1n) is 4.82. The normalized spacial score (nSPS) is 11.9. The lowest BCUT2D eigenvalue weighted by Crippen LogP contribution is -2.32. The molecule has 0 aliphatic carbocycles. The molecule has 4 N–H and O–H groups in total. The number of rotatable bonds is 3. The van der Waals surface area contributed by atoms with Gasteiger partial charge in [0.1, 0.15) is 0 Å². The highest BCUT2D eigenvalue weighted by molar-refractivity contribution is 5.97. The van der Waals surface area contributed by atoms with Crippen LogP contribution in [0.5, 0.6) is 0 Å². The van der Waals surface area contributed by atoms with Crippen molar-refractivity contribution in [2.45, 2.75) is 19.9 Å². The van der Waals surface area contributed by atoms with Gasteiger partial charge in [-0.05, 0) is 31.5 Å². The van der Waals surface area contributed by atoms with Gasteiger partial charge in [-0.1, -0.05) is 6.07 Å². The van der Waals surface area contributed by atoms with Crippen molar-refractivity contribution < 1.29 is 14.7 Å². The molecule has 0 fully saturated rings. The van der Waals surface area contributed by atoms with Gasteiger partial charge in [0.2, 0.25) is 5.91 Å². The van der Waals surface area contributed by atoms with Gasteiger partial charge in [0.15, 0.2) is 0 Å². The Morgan fingerprint density at radius 3 is 2.56 bits per heavy atom. The van der Waals surface area contributed by atoms with Crippen molar-refractivity contribution in [1.29, 1.82) is 0 Å². The van der Waals surface area contributed by atoms with Crippen LogP contribution in [0.4, 0.5) is 5.69 Å². The maximum Gasteiger partial charge on any atom is 0.335 e. The van der Waals surface area contributed by atoms with E-state index in [0.717, 1.165) is 5.56 Å². The van der Waals surface area contributed by atoms with Crippen LogP contribution < -0.4 is 11.1 Å². The summed E-state index contributed by atoms with van der Waals surface area (Å²) < 4.78 is 0. The summed E-state index contributed by atoms with van der Waals surface area (Å²) in [4.78, 5) is 22.1. The number of nitrogens with two attached hydrogens (primary N) is 1. The summed E-state index contributed by atoms with van der Waals surface area (Å²) in [6.45, 7) is 3.34. The molecule has 0 aliphatic rings. The molecule has 0 heterocycles. The number of carbonyl (C=O) groups excluding carboxylic acids is 1. The van der Waals surface area contributed by atoms with Crippen LogP contribution in [0, 0.1) is 6.92 Å². The lowest BCUT2D eigenvalue weighted by Gasteiger charge is -2.10. The van der Waals surface area contributed by atoms with Gasteiger partial charge in [-0.2, -0.15) is 0 Å². The van der Waals surface area contributed by atoms with Crippen LogP contribution in [-0.4, -0.2) is 23.0 Å². The maximum absolute atomic E-state index is 11.4. The summed E-state index contributed by atoms with van der Waals surface area (Å²) in [7, 11) is 0. The molecule has 1 atom stereocenters. The summed E-state index contributed by atoms with van der Waals surface area (Å²) in [6, 6.07) is 3.91. The van der Waals surface area contributed by atoms with Gasteiger partial charge < -0.3 is 16.2 Å². The number of carboxylic acids is 1. The molecular weight excluding hydrogens is 208 g/mol. The van der Waals surface area contributed by atoms with E-state index >= 15 is 0 Å². The van der Waals surface area contributed by atoms with Crippen molar-refractivity contribution in [3.63, 3.8) is 0 Å². The monoisotopic (exact) mass is 222 g/mol. The highest BCUT2D eigenvalue weighted by atomic mass is 16.4. The van der Waals surface area contributed by atoms with E-state index in [1.807, 2.05) is 0 Å². The summed E-state index contributed by atoms with van der Waals surface area (Å²) in [5.41, 5.74) is 6.80. The van der Waals surface area contributed by atoms with E-state index in [1.54, 1.807) is 19.9 Å². The molecular formula is C11H14N2O3. The van der Waals surface area contributed by atoms with E-state index in [9.17, 15) is 9.59 Å². The van der Waals surface area contributed by atoms with Gasteiger partial charge in [-0.3, -0.25) is 4.79 Å². The van der Waals surface area contributed by atoms with Gasteiger partial charge in [0, 0.05) is 5.69 Å². The zero-order valence-electron chi connectivity index (χ0n) is 9.15. The largest absolute Gasteiger partial charge is 0.478 e. The van der Waals surface area contributed by atoms with E-state index < -0.39 is 12.0 Å². The number of hydrogen-bond donors (Lipinski definition) is 3. The minimum Gasteiger partial charge on any atom is -0.478 e. The van der Waals surface area contributed by atoms with Gasteiger partial charge in [0.25, 0.3) is 0 Å². The average molecular weight is 222 g/mol. The lowest BCUT2D eigenvalue weighted by molar-refractivity contribution is -0.117. The Labute approximate surface area is 93.3 Å². The van der Waals surface area contributed by atoms with Crippen molar-refractivity contribution in [2.75, 3.05) is 5.32 Å². The average Bonchev–Trinajstić information content (AvgIpc) is 2.20. The number of amides is 1. The number of carbonyl (C=O) groups is 2. The number of aromatic carboxylic acids is 1. The predicted octanol–water partition coefficient (Wildman–Crippen LogP) is 0.979. The van der Waals surface area contributed by atoms with E-state index in [1.165, 1.54) is 12.1 Å². The van der Waals surface area contributed by atoms with Crippen molar-refractivity contribution in [1.82, 2.24) is 0 Å². The first kappa shape index (κ1) is 12.2. The topological polar surface area (TPSA) is 92.4 Å². The summed E-state index contributed by atoms with van der Waals surface area (Å²) >= 11 is 0. The standard InChI is InChI=1S/C11H14N2O3/c1-6-3-4-8(11(15)16)5-9(6)13-10(14)7(2)12/h3-5,7H,12H2,1-2H3,(H,13,14)(H,15,16)/t7-/m0/s1. The smallest absolute Gasteiger partial charge is 0.335 e. The molecule has 16 heavy (non-hydrogen) atoms. The van der Waals surface area contributed by atoms with Crippen LogP contribution in [0.15, 0.2) is 18.2 Å². The van der Waals surface area contributed by atoms with Crippen molar-refractivity contribution in [2.24, 2.45) is 5.73 Å². The second-order valence-corrected chi connectivity index (χ2v) is 3.61. The number of hydrogen-bond acceptors (Lipinski definition) is 3. The number of nitrogens with one attached hydrogen (secondary N) is 1. The quantitative estimate of drug-likeness (QED) is 0.710. The first-order chi connectivity index (χ1) is 7.41. The third-order valence-electron chi connectivity index (χ3n) is 2.16.